The topological polar surface area (TPSA) is 70.9 Å². The number of rotatable bonds is 6. The number of nitrogen functional groups attached to an aromatic ring is 1. The molecule has 4 rings (SSSR count). The van der Waals surface area contributed by atoms with Crippen molar-refractivity contribution in [1.82, 2.24) is 19.3 Å². The summed E-state index contributed by atoms with van der Waals surface area (Å²) in [6.45, 7) is 0. The van der Waals surface area contributed by atoms with Crippen LogP contribution in [0.4, 0.5) is 5.95 Å². The third-order valence-corrected chi connectivity index (χ3v) is 5.24. The number of anilines is 1. The van der Waals surface area contributed by atoms with Crippen LogP contribution in [0.1, 0.15) is 22.7 Å². The number of ether oxygens (including phenoxy) is 1. The molecule has 0 aliphatic heterocycles. The fourth-order valence-corrected chi connectivity index (χ4v) is 3.54. The predicted molar refractivity (Wildman–Crippen MR) is 115 cm³/mol. The van der Waals surface area contributed by atoms with Crippen LogP contribution in [0, 0.1) is 0 Å². The monoisotopic (exact) mass is 387 g/mol. The maximum atomic E-state index is 6.01. The van der Waals surface area contributed by atoms with Crippen molar-refractivity contribution in [3.05, 3.63) is 83.9 Å². The maximum absolute atomic E-state index is 6.01. The molecule has 2 aromatic carbocycles. The number of imidazole rings is 1. The Morgan fingerprint density at radius 3 is 2.24 bits per heavy atom. The van der Waals surface area contributed by atoms with Gasteiger partial charge in [-0.3, -0.25) is 4.68 Å². The summed E-state index contributed by atoms with van der Waals surface area (Å²) in [6, 6.07) is 16.8. The van der Waals surface area contributed by atoms with E-state index in [-0.39, 0.29) is 5.92 Å². The van der Waals surface area contributed by atoms with Gasteiger partial charge in [-0.15, -0.1) is 0 Å². The van der Waals surface area contributed by atoms with Crippen LogP contribution < -0.4 is 10.5 Å². The molecule has 6 nitrogen and oxygen atoms in total. The third-order valence-electron chi connectivity index (χ3n) is 5.24. The minimum atomic E-state index is 0.105. The van der Waals surface area contributed by atoms with Crippen molar-refractivity contribution < 1.29 is 4.74 Å². The zero-order valence-electron chi connectivity index (χ0n) is 16.9. The van der Waals surface area contributed by atoms with Gasteiger partial charge in [0.05, 0.1) is 19.0 Å². The fraction of sp³-hybridized carbons (Fsp3) is 0.217. The van der Waals surface area contributed by atoms with E-state index in [0.717, 1.165) is 29.0 Å². The van der Waals surface area contributed by atoms with Crippen molar-refractivity contribution >= 4 is 5.95 Å². The first-order valence-electron chi connectivity index (χ1n) is 9.54. The van der Waals surface area contributed by atoms with Gasteiger partial charge >= 0.3 is 0 Å². The lowest BCUT2D eigenvalue weighted by molar-refractivity contribution is 0.414. The van der Waals surface area contributed by atoms with Crippen molar-refractivity contribution in [2.75, 3.05) is 12.8 Å². The Kier molecular flexibility index (Phi) is 5.08. The third kappa shape index (κ3) is 4.01. The van der Waals surface area contributed by atoms with Crippen LogP contribution in [0.2, 0.25) is 0 Å². The number of aromatic nitrogens is 4. The van der Waals surface area contributed by atoms with E-state index in [2.05, 4.69) is 46.5 Å². The van der Waals surface area contributed by atoms with Gasteiger partial charge in [-0.2, -0.15) is 5.10 Å². The molecule has 6 heteroatoms. The maximum Gasteiger partial charge on any atom is 0.200 e. The van der Waals surface area contributed by atoms with Gasteiger partial charge in [0.1, 0.15) is 5.75 Å². The second kappa shape index (κ2) is 7.83. The smallest absolute Gasteiger partial charge is 0.200 e. The average Bonchev–Trinajstić information content (AvgIpc) is 3.32. The normalized spacial score (nSPS) is 12.1. The quantitative estimate of drug-likeness (QED) is 0.546. The average molecular weight is 387 g/mol. The van der Waals surface area contributed by atoms with Crippen LogP contribution in [-0.2, 0) is 20.5 Å². The number of hydrogen-bond donors (Lipinski definition) is 1. The van der Waals surface area contributed by atoms with E-state index in [1.807, 2.05) is 54.1 Å². The van der Waals surface area contributed by atoms with Crippen LogP contribution in [0.25, 0.3) is 11.1 Å². The fourth-order valence-electron chi connectivity index (χ4n) is 3.54. The highest BCUT2D eigenvalue weighted by molar-refractivity contribution is 5.62. The first kappa shape index (κ1) is 18.8. The number of hydrogen-bond acceptors (Lipinski definition) is 4. The van der Waals surface area contributed by atoms with Gasteiger partial charge in [0, 0.05) is 38.0 Å². The summed E-state index contributed by atoms with van der Waals surface area (Å²) in [6.07, 6.45) is 6.74. The van der Waals surface area contributed by atoms with Gasteiger partial charge in [0.2, 0.25) is 0 Å². The molecule has 0 bridgehead atoms. The molecule has 2 N–H and O–H groups in total. The molecule has 4 aromatic rings. The van der Waals surface area contributed by atoms with Gasteiger partial charge in [-0.05, 0) is 35.2 Å². The molecule has 0 radical (unpaired) electrons. The number of nitrogens with two attached hydrogens (primary N) is 1. The lowest BCUT2D eigenvalue weighted by atomic mass is 9.89. The molecule has 0 saturated heterocycles. The van der Waals surface area contributed by atoms with E-state index in [1.165, 1.54) is 11.1 Å². The summed E-state index contributed by atoms with van der Waals surface area (Å²) in [7, 11) is 5.52. The van der Waals surface area contributed by atoms with Gasteiger partial charge < -0.3 is 15.0 Å². The summed E-state index contributed by atoms with van der Waals surface area (Å²) in [5, 5.41) is 4.25. The molecular formula is C23H25N5O. The number of benzene rings is 2. The van der Waals surface area contributed by atoms with Crippen LogP contribution >= 0.6 is 0 Å². The van der Waals surface area contributed by atoms with Crippen LogP contribution in [0.5, 0.6) is 5.75 Å². The molecule has 1 unspecified atom stereocenters. The van der Waals surface area contributed by atoms with Crippen molar-refractivity contribution in [3.63, 3.8) is 0 Å². The minimum Gasteiger partial charge on any atom is -0.497 e. The molecule has 148 valence electrons. The van der Waals surface area contributed by atoms with E-state index < -0.39 is 0 Å². The summed E-state index contributed by atoms with van der Waals surface area (Å²) in [5.74, 6) is 1.47. The predicted octanol–water partition coefficient (Wildman–Crippen LogP) is 3.79. The van der Waals surface area contributed by atoms with Crippen molar-refractivity contribution in [1.29, 1.82) is 0 Å². The van der Waals surface area contributed by atoms with Gasteiger partial charge in [-0.25, -0.2) is 4.98 Å². The lowest BCUT2D eigenvalue weighted by Gasteiger charge is -2.16. The SMILES string of the molecule is COc1ccc(C(Cc2ccc(-c3cnn(C)c3)cc2)c2cn(C)c(N)n2)cc1. The summed E-state index contributed by atoms with van der Waals surface area (Å²) in [4.78, 5) is 4.59. The molecule has 0 amide bonds. The molecule has 0 spiro atoms. The van der Waals surface area contributed by atoms with Gasteiger partial charge in [-0.1, -0.05) is 36.4 Å². The standard InChI is InChI=1S/C23H25N5O/c1-27-15-22(26-23(27)24)21(18-8-10-20(29-3)11-9-18)12-16-4-6-17(7-5-16)19-13-25-28(2)14-19/h4-11,13-15,21H,12H2,1-3H3,(H2,24,26). The summed E-state index contributed by atoms with van der Waals surface area (Å²) in [5.41, 5.74) is 11.7. The molecule has 29 heavy (non-hydrogen) atoms. The largest absolute Gasteiger partial charge is 0.497 e. The Morgan fingerprint density at radius 1 is 0.966 bits per heavy atom. The molecule has 0 aliphatic carbocycles. The molecule has 1 atom stereocenters. The van der Waals surface area contributed by atoms with E-state index >= 15 is 0 Å². The van der Waals surface area contributed by atoms with E-state index in [1.54, 1.807) is 7.11 Å². The van der Waals surface area contributed by atoms with Crippen molar-refractivity contribution in [2.24, 2.45) is 14.1 Å². The molecule has 0 aliphatic rings. The van der Waals surface area contributed by atoms with Crippen molar-refractivity contribution in [2.45, 2.75) is 12.3 Å². The Hall–Kier alpha value is -3.54. The van der Waals surface area contributed by atoms with Crippen LogP contribution in [-0.4, -0.2) is 26.4 Å². The Balaban J connectivity index is 1.64. The molecule has 0 saturated carbocycles. The first-order valence-corrected chi connectivity index (χ1v) is 9.54. The number of methoxy groups -OCH3 is 1. The van der Waals surface area contributed by atoms with E-state index in [9.17, 15) is 0 Å². The number of nitrogens with zero attached hydrogens (tertiary/aromatic N) is 4. The van der Waals surface area contributed by atoms with E-state index in [0.29, 0.717) is 5.95 Å². The Morgan fingerprint density at radius 2 is 1.69 bits per heavy atom. The van der Waals surface area contributed by atoms with Gasteiger partial charge in [0.15, 0.2) is 5.95 Å². The molecular weight excluding hydrogens is 362 g/mol. The van der Waals surface area contributed by atoms with E-state index in [4.69, 9.17) is 10.5 Å². The second-order valence-electron chi connectivity index (χ2n) is 7.26. The molecule has 0 fully saturated rings. The minimum absolute atomic E-state index is 0.105. The van der Waals surface area contributed by atoms with Gasteiger partial charge in [0.25, 0.3) is 0 Å². The molecule has 2 heterocycles. The highest BCUT2D eigenvalue weighted by Gasteiger charge is 2.19. The Labute approximate surface area is 170 Å². The molecule has 2 aromatic heterocycles. The summed E-state index contributed by atoms with van der Waals surface area (Å²) < 4.78 is 8.98. The highest BCUT2D eigenvalue weighted by Crippen LogP contribution is 2.30. The van der Waals surface area contributed by atoms with Crippen LogP contribution in [0.15, 0.2) is 67.1 Å². The highest BCUT2D eigenvalue weighted by atomic mass is 16.5. The number of aryl methyl sites for hydroxylation is 2. The second-order valence-corrected chi connectivity index (χ2v) is 7.26. The Bertz CT molecular complexity index is 1070. The zero-order valence-corrected chi connectivity index (χ0v) is 16.9. The lowest BCUT2D eigenvalue weighted by Crippen LogP contribution is -2.06. The van der Waals surface area contributed by atoms with Crippen molar-refractivity contribution in [3.8, 4) is 16.9 Å². The first-order chi connectivity index (χ1) is 14.0. The summed E-state index contributed by atoms with van der Waals surface area (Å²) >= 11 is 0. The zero-order chi connectivity index (χ0) is 20.4. The van der Waals surface area contributed by atoms with Crippen LogP contribution in [0.3, 0.4) is 0 Å².